The highest BCUT2D eigenvalue weighted by Gasteiger charge is 2.54. The summed E-state index contributed by atoms with van der Waals surface area (Å²) in [6.45, 7) is 8.97. The summed E-state index contributed by atoms with van der Waals surface area (Å²) in [7, 11) is 0. The van der Waals surface area contributed by atoms with Crippen LogP contribution in [0.2, 0.25) is 0 Å². The molecule has 2 atom stereocenters. The molecular weight excluding hydrogens is 344 g/mol. The lowest BCUT2D eigenvalue weighted by atomic mass is 9.78. The Morgan fingerprint density at radius 3 is 2.54 bits per heavy atom. The minimum atomic E-state index is -0.683. The molecular formula is C21H28N2O2S. The molecule has 0 radical (unpaired) electrons. The average Bonchev–Trinajstić information content (AvgIpc) is 3.22. The lowest BCUT2D eigenvalue weighted by Gasteiger charge is -2.51. The zero-order chi connectivity index (χ0) is 18.5. The highest BCUT2D eigenvalue weighted by Crippen LogP contribution is 2.49. The van der Waals surface area contributed by atoms with Crippen LogP contribution in [0.5, 0.6) is 0 Å². The second kappa shape index (κ2) is 6.38. The van der Waals surface area contributed by atoms with Crippen molar-refractivity contribution in [3.63, 3.8) is 0 Å². The second-order valence-corrected chi connectivity index (χ2v) is 9.63. The third-order valence-corrected chi connectivity index (χ3v) is 7.76. The van der Waals surface area contributed by atoms with Crippen LogP contribution in [0.1, 0.15) is 55.5 Å². The van der Waals surface area contributed by atoms with E-state index in [-0.39, 0.29) is 23.3 Å². The molecule has 1 amide bonds. The summed E-state index contributed by atoms with van der Waals surface area (Å²) in [6.07, 6.45) is 2.41. The summed E-state index contributed by atoms with van der Waals surface area (Å²) in [5.74, 6) is 1.76. The van der Waals surface area contributed by atoms with Gasteiger partial charge in [0, 0.05) is 42.1 Å². The van der Waals surface area contributed by atoms with Crippen molar-refractivity contribution in [2.75, 3.05) is 31.1 Å². The van der Waals surface area contributed by atoms with E-state index in [1.54, 1.807) is 0 Å². The molecule has 0 N–H and O–H groups in total. The zero-order valence-corrected chi connectivity index (χ0v) is 16.8. The van der Waals surface area contributed by atoms with Gasteiger partial charge in [-0.05, 0) is 25.3 Å². The molecule has 1 aliphatic carbocycles. The number of hydrogen-bond donors (Lipinski definition) is 0. The maximum absolute atomic E-state index is 13.8. The molecule has 26 heavy (non-hydrogen) atoms. The first kappa shape index (κ1) is 18.1. The minimum absolute atomic E-state index is 0.0979. The molecule has 0 saturated carbocycles. The zero-order valence-electron chi connectivity index (χ0n) is 16.0. The topological polar surface area (TPSA) is 40.6 Å². The Labute approximate surface area is 160 Å². The molecule has 140 valence electrons. The first-order valence-electron chi connectivity index (χ1n) is 9.65. The van der Waals surface area contributed by atoms with E-state index in [1.807, 2.05) is 49.9 Å². The molecule has 0 spiro atoms. The average molecular weight is 373 g/mol. The highest BCUT2D eigenvalue weighted by molar-refractivity contribution is 7.99. The number of fused-ring (bicyclic) bond motifs is 1. The van der Waals surface area contributed by atoms with Crippen molar-refractivity contribution in [2.45, 2.75) is 45.2 Å². The van der Waals surface area contributed by atoms with Gasteiger partial charge in [0.2, 0.25) is 5.91 Å². The van der Waals surface area contributed by atoms with Crippen LogP contribution >= 0.6 is 11.8 Å². The van der Waals surface area contributed by atoms with Gasteiger partial charge in [-0.2, -0.15) is 11.8 Å². The van der Waals surface area contributed by atoms with Gasteiger partial charge >= 0.3 is 0 Å². The first-order valence-corrected chi connectivity index (χ1v) is 10.8. The van der Waals surface area contributed by atoms with Crippen molar-refractivity contribution in [1.29, 1.82) is 0 Å². The maximum atomic E-state index is 13.8. The van der Waals surface area contributed by atoms with E-state index in [2.05, 4.69) is 16.7 Å². The molecule has 4 rings (SSSR count). The summed E-state index contributed by atoms with van der Waals surface area (Å²) >= 11 is 1.94. The Morgan fingerprint density at radius 2 is 1.81 bits per heavy atom. The molecule has 2 unspecified atom stereocenters. The van der Waals surface area contributed by atoms with Crippen LogP contribution in [-0.2, 0) is 4.79 Å². The predicted octanol–water partition coefficient (Wildman–Crippen LogP) is 3.38. The van der Waals surface area contributed by atoms with E-state index in [0.717, 1.165) is 42.3 Å². The summed E-state index contributed by atoms with van der Waals surface area (Å²) in [6, 6.07) is 7.68. The molecule has 1 aromatic carbocycles. The van der Waals surface area contributed by atoms with Crippen molar-refractivity contribution in [3.05, 3.63) is 35.4 Å². The van der Waals surface area contributed by atoms with Crippen LogP contribution in [0.15, 0.2) is 24.3 Å². The smallest absolute Gasteiger partial charge is 0.232 e. The van der Waals surface area contributed by atoms with Crippen LogP contribution in [0, 0.1) is 5.41 Å². The molecule has 2 aliphatic heterocycles. The van der Waals surface area contributed by atoms with Crippen LogP contribution < -0.4 is 0 Å². The van der Waals surface area contributed by atoms with Gasteiger partial charge in [0.25, 0.3) is 0 Å². The number of carbonyl (C=O) groups is 2. The summed E-state index contributed by atoms with van der Waals surface area (Å²) in [4.78, 5) is 31.4. The summed E-state index contributed by atoms with van der Waals surface area (Å²) in [5.41, 5.74) is 0.712. The number of amides is 1. The number of thioether (sulfide) groups is 1. The molecule has 0 aromatic heterocycles. The van der Waals surface area contributed by atoms with Crippen molar-refractivity contribution < 1.29 is 9.59 Å². The number of Topliss-reactive ketones (excluding diaryl/α,β-unsaturated/α-hetero) is 1. The fourth-order valence-corrected chi connectivity index (χ4v) is 6.15. The Morgan fingerprint density at radius 1 is 1.12 bits per heavy atom. The molecule has 2 fully saturated rings. The Kier molecular flexibility index (Phi) is 4.43. The lowest BCUT2D eigenvalue weighted by molar-refractivity contribution is -0.147. The van der Waals surface area contributed by atoms with Crippen molar-refractivity contribution in [2.24, 2.45) is 5.41 Å². The number of nitrogens with zero attached hydrogens (tertiary/aromatic N) is 2. The minimum Gasteiger partial charge on any atom is -0.322 e. The van der Waals surface area contributed by atoms with Crippen LogP contribution in [0.25, 0.3) is 0 Å². The quantitative estimate of drug-likeness (QED) is 0.798. The van der Waals surface area contributed by atoms with Crippen molar-refractivity contribution >= 4 is 23.5 Å². The Balaban J connectivity index is 1.73. The molecule has 1 aromatic rings. The van der Waals surface area contributed by atoms with E-state index in [9.17, 15) is 9.59 Å². The van der Waals surface area contributed by atoms with Gasteiger partial charge in [-0.3, -0.25) is 14.5 Å². The van der Waals surface area contributed by atoms with E-state index in [4.69, 9.17) is 0 Å². The number of carbonyl (C=O) groups excluding carboxylic acids is 2. The van der Waals surface area contributed by atoms with Gasteiger partial charge in [-0.15, -0.1) is 0 Å². The summed E-state index contributed by atoms with van der Waals surface area (Å²) < 4.78 is 0. The SMILES string of the molecule is CC1(C)C(=O)c2ccccc2C1C(=O)N1CCSCC1(C)N1CCCC1. The van der Waals surface area contributed by atoms with E-state index in [1.165, 1.54) is 12.8 Å². The third-order valence-electron chi connectivity index (χ3n) is 6.54. The lowest BCUT2D eigenvalue weighted by Crippen LogP contribution is -2.65. The van der Waals surface area contributed by atoms with Crippen molar-refractivity contribution in [3.8, 4) is 0 Å². The fraction of sp³-hybridized carbons (Fsp3) is 0.619. The number of likely N-dealkylation sites (tertiary alicyclic amines) is 1. The Hall–Kier alpha value is -1.33. The molecule has 2 saturated heterocycles. The van der Waals surface area contributed by atoms with Crippen LogP contribution in [0.3, 0.4) is 0 Å². The Bertz CT molecular complexity index is 741. The van der Waals surface area contributed by atoms with E-state index in [0.29, 0.717) is 0 Å². The van der Waals surface area contributed by atoms with E-state index < -0.39 is 5.41 Å². The predicted molar refractivity (Wildman–Crippen MR) is 106 cm³/mol. The number of hydrogen-bond acceptors (Lipinski definition) is 4. The highest BCUT2D eigenvalue weighted by atomic mass is 32.2. The summed E-state index contributed by atoms with van der Waals surface area (Å²) in [5, 5.41) is 0. The van der Waals surface area contributed by atoms with Gasteiger partial charge in [-0.1, -0.05) is 38.1 Å². The van der Waals surface area contributed by atoms with Crippen LogP contribution in [-0.4, -0.2) is 58.3 Å². The van der Waals surface area contributed by atoms with Gasteiger partial charge in [0.1, 0.15) is 5.66 Å². The largest absolute Gasteiger partial charge is 0.322 e. The number of ketones is 1. The third kappa shape index (κ3) is 2.55. The van der Waals surface area contributed by atoms with Crippen LogP contribution in [0.4, 0.5) is 0 Å². The normalized spacial score (nSPS) is 31.3. The van der Waals surface area contributed by atoms with Gasteiger partial charge < -0.3 is 4.90 Å². The van der Waals surface area contributed by atoms with Gasteiger partial charge in [-0.25, -0.2) is 0 Å². The van der Waals surface area contributed by atoms with Crippen molar-refractivity contribution in [1.82, 2.24) is 9.80 Å². The number of benzene rings is 1. The molecule has 5 heteroatoms. The molecule has 3 aliphatic rings. The van der Waals surface area contributed by atoms with Gasteiger partial charge in [0.05, 0.1) is 5.92 Å². The standard InChI is InChI=1S/C21H28N2O2S/c1-20(2)17(15-8-4-5-9-16(15)18(20)24)19(25)23-12-13-26-14-21(23,3)22-10-6-7-11-22/h4-5,8-9,17H,6-7,10-14H2,1-3H3. The maximum Gasteiger partial charge on any atom is 0.232 e. The molecule has 0 bridgehead atoms. The second-order valence-electron chi connectivity index (χ2n) is 8.52. The monoisotopic (exact) mass is 372 g/mol. The molecule has 4 nitrogen and oxygen atoms in total. The fourth-order valence-electron chi connectivity index (χ4n) is 4.97. The van der Waals surface area contributed by atoms with E-state index >= 15 is 0 Å². The first-order chi connectivity index (χ1) is 12.4. The number of rotatable bonds is 2. The van der Waals surface area contributed by atoms with Gasteiger partial charge in [0.15, 0.2) is 5.78 Å². The molecule has 2 heterocycles.